The fourth-order valence-electron chi connectivity index (χ4n) is 2.10. The Morgan fingerprint density at radius 3 is 2.57 bits per heavy atom. The number of nitrogen functional groups attached to an aromatic ring is 1. The molecule has 1 aliphatic rings. The van der Waals surface area contributed by atoms with Crippen molar-refractivity contribution in [3.63, 3.8) is 0 Å². The zero-order valence-corrected chi connectivity index (χ0v) is 11.0. The number of nitrogens with one attached hydrogen (secondary N) is 1. The first-order chi connectivity index (χ1) is 10.1. The summed E-state index contributed by atoms with van der Waals surface area (Å²) >= 11 is 0. The van der Waals surface area contributed by atoms with Crippen molar-refractivity contribution in [2.24, 2.45) is 0 Å². The van der Waals surface area contributed by atoms with Crippen molar-refractivity contribution in [2.45, 2.75) is 0 Å². The molecule has 3 rings (SSSR count). The van der Waals surface area contributed by atoms with E-state index in [2.05, 4.69) is 5.32 Å². The van der Waals surface area contributed by atoms with Gasteiger partial charge in [0, 0.05) is 35.3 Å². The number of hydrogen-bond acceptors (Lipinski definition) is 6. The highest BCUT2D eigenvalue weighted by Gasteiger charge is 2.13. The summed E-state index contributed by atoms with van der Waals surface area (Å²) in [5, 5.41) is 13.9. The lowest BCUT2D eigenvalue weighted by Gasteiger charge is -2.19. The Hall–Kier alpha value is -2.96. The van der Waals surface area contributed by atoms with Crippen LogP contribution in [0.25, 0.3) is 0 Å². The van der Waals surface area contributed by atoms with Gasteiger partial charge in [-0.2, -0.15) is 0 Å². The van der Waals surface area contributed by atoms with Gasteiger partial charge in [0.15, 0.2) is 11.5 Å². The van der Waals surface area contributed by atoms with Crippen LogP contribution in [0.5, 0.6) is 11.5 Å². The Balaban J connectivity index is 1.88. The number of nitro benzene ring substituents is 1. The van der Waals surface area contributed by atoms with Gasteiger partial charge < -0.3 is 20.5 Å². The second-order valence-electron chi connectivity index (χ2n) is 4.55. The molecule has 2 aromatic carbocycles. The topological polar surface area (TPSA) is 99.7 Å². The van der Waals surface area contributed by atoms with E-state index in [4.69, 9.17) is 15.2 Å². The Labute approximate surface area is 120 Å². The maximum Gasteiger partial charge on any atom is 0.273 e. The summed E-state index contributed by atoms with van der Waals surface area (Å²) in [7, 11) is 0. The smallest absolute Gasteiger partial charge is 0.273 e. The lowest BCUT2D eigenvalue weighted by atomic mass is 10.2. The maximum atomic E-state index is 10.8. The maximum absolute atomic E-state index is 10.8. The third kappa shape index (κ3) is 2.81. The van der Waals surface area contributed by atoms with Crippen molar-refractivity contribution < 1.29 is 14.4 Å². The summed E-state index contributed by atoms with van der Waals surface area (Å²) in [4.78, 5) is 10.4. The molecule has 3 N–H and O–H groups in total. The van der Waals surface area contributed by atoms with E-state index >= 15 is 0 Å². The van der Waals surface area contributed by atoms with Gasteiger partial charge >= 0.3 is 0 Å². The van der Waals surface area contributed by atoms with Gasteiger partial charge in [-0.05, 0) is 18.2 Å². The van der Waals surface area contributed by atoms with Gasteiger partial charge in [0.1, 0.15) is 13.2 Å². The van der Waals surface area contributed by atoms with Crippen molar-refractivity contribution in [2.75, 3.05) is 24.3 Å². The summed E-state index contributed by atoms with van der Waals surface area (Å²) in [6.07, 6.45) is 0. The number of ether oxygens (including phenoxy) is 2. The first-order valence-electron chi connectivity index (χ1n) is 6.33. The van der Waals surface area contributed by atoms with Crippen LogP contribution in [0, 0.1) is 10.1 Å². The van der Waals surface area contributed by atoms with Crippen LogP contribution < -0.4 is 20.5 Å². The number of anilines is 3. The zero-order valence-electron chi connectivity index (χ0n) is 11.0. The van der Waals surface area contributed by atoms with Crippen LogP contribution in [0.1, 0.15) is 0 Å². The molecule has 0 atom stereocenters. The molecular formula is C14H13N3O4. The highest BCUT2D eigenvalue weighted by atomic mass is 16.6. The van der Waals surface area contributed by atoms with Crippen molar-refractivity contribution in [3.05, 3.63) is 46.5 Å². The van der Waals surface area contributed by atoms with Crippen LogP contribution in [-0.2, 0) is 0 Å². The standard InChI is InChI=1S/C14H13N3O4/c15-9-5-11(7-12(6-9)17(18)19)16-10-1-2-13-14(8-10)21-4-3-20-13/h1-2,5-8,16H,3-4,15H2. The van der Waals surface area contributed by atoms with Crippen molar-refractivity contribution in [3.8, 4) is 11.5 Å². The third-order valence-electron chi connectivity index (χ3n) is 2.98. The van der Waals surface area contributed by atoms with E-state index in [1.54, 1.807) is 18.2 Å². The van der Waals surface area contributed by atoms with Gasteiger partial charge in [0.2, 0.25) is 0 Å². The quantitative estimate of drug-likeness (QED) is 0.511. The summed E-state index contributed by atoms with van der Waals surface area (Å²) < 4.78 is 10.9. The zero-order chi connectivity index (χ0) is 14.8. The molecule has 7 heteroatoms. The van der Waals surface area contributed by atoms with Crippen LogP contribution in [0.4, 0.5) is 22.7 Å². The number of nitrogens with two attached hydrogens (primary N) is 1. The predicted octanol–water partition coefficient (Wildman–Crippen LogP) is 2.69. The van der Waals surface area contributed by atoms with Gasteiger partial charge in [-0.1, -0.05) is 0 Å². The Bertz CT molecular complexity index is 703. The van der Waals surface area contributed by atoms with Crippen molar-refractivity contribution in [1.82, 2.24) is 0 Å². The molecule has 21 heavy (non-hydrogen) atoms. The number of nitrogens with zero attached hydrogens (tertiary/aromatic N) is 1. The molecule has 108 valence electrons. The molecule has 0 amide bonds. The highest BCUT2D eigenvalue weighted by Crippen LogP contribution is 2.34. The predicted molar refractivity (Wildman–Crippen MR) is 78.2 cm³/mol. The van der Waals surface area contributed by atoms with Gasteiger partial charge in [-0.3, -0.25) is 10.1 Å². The summed E-state index contributed by atoms with van der Waals surface area (Å²) in [5.74, 6) is 1.33. The van der Waals surface area contributed by atoms with Crippen LogP contribution >= 0.6 is 0 Å². The molecule has 7 nitrogen and oxygen atoms in total. The second-order valence-corrected chi connectivity index (χ2v) is 4.55. The number of fused-ring (bicyclic) bond motifs is 1. The minimum atomic E-state index is -0.481. The largest absolute Gasteiger partial charge is 0.486 e. The summed E-state index contributed by atoms with van der Waals surface area (Å²) in [5.41, 5.74) is 7.21. The highest BCUT2D eigenvalue weighted by molar-refractivity contribution is 5.69. The van der Waals surface area contributed by atoms with Crippen LogP contribution in [0.2, 0.25) is 0 Å². The van der Waals surface area contributed by atoms with Crippen LogP contribution in [0.3, 0.4) is 0 Å². The lowest BCUT2D eigenvalue weighted by Crippen LogP contribution is -2.15. The van der Waals surface area contributed by atoms with E-state index in [1.807, 2.05) is 6.07 Å². The molecule has 0 saturated carbocycles. The average Bonchev–Trinajstić information content (AvgIpc) is 2.46. The number of rotatable bonds is 3. The van der Waals surface area contributed by atoms with Gasteiger partial charge in [0.05, 0.1) is 4.92 Å². The first kappa shape index (κ1) is 13.0. The molecule has 0 aliphatic carbocycles. The van der Waals surface area contributed by atoms with E-state index in [1.165, 1.54) is 12.1 Å². The monoisotopic (exact) mass is 287 g/mol. The Morgan fingerprint density at radius 2 is 1.81 bits per heavy atom. The third-order valence-corrected chi connectivity index (χ3v) is 2.98. The molecule has 0 saturated heterocycles. The van der Waals surface area contributed by atoms with Crippen molar-refractivity contribution >= 4 is 22.7 Å². The number of hydrogen-bond donors (Lipinski definition) is 2. The Kier molecular flexibility index (Phi) is 3.23. The van der Waals surface area contributed by atoms with E-state index in [0.29, 0.717) is 36.1 Å². The Morgan fingerprint density at radius 1 is 1.05 bits per heavy atom. The van der Waals surface area contributed by atoms with E-state index in [0.717, 1.165) is 5.69 Å². The molecule has 0 aromatic heterocycles. The van der Waals surface area contributed by atoms with Gasteiger partial charge in [-0.25, -0.2) is 0 Å². The fraction of sp³-hybridized carbons (Fsp3) is 0.143. The molecule has 0 radical (unpaired) electrons. The first-order valence-corrected chi connectivity index (χ1v) is 6.33. The lowest BCUT2D eigenvalue weighted by molar-refractivity contribution is -0.384. The van der Waals surface area contributed by atoms with Crippen molar-refractivity contribution in [1.29, 1.82) is 0 Å². The molecule has 0 fully saturated rings. The average molecular weight is 287 g/mol. The number of benzene rings is 2. The van der Waals surface area contributed by atoms with Gasteiger partial charge in [-0.15, -0.1) is 0 Å². The second kappa shape index (κ2) is 5.20. The molecule has 0 bridgehead atoms. The van der Waals surface area contributed by atoms with E-state index < -0.39 is 4.92 Å². The normalized spacial score (nSPS) is 12.8. The molecule has 0 spiro atoms. The molecule has 0 unspecified atom stereocenters. The molecule has 1 aliphatic heterocycles. The molecular weight excluding hydrogens is 274 g/mol. The minimum Gasteiger partial charge on any atom is -0.486 e. The number of nitro groups is 1. The van der Waals surface area contributed by atoms with E-state index in [9.17, 15) is 10.1 Å². The molecule has 2 aromatic rings. The summed E-state index contributed by atoms with van der Waals surface area (Å²) in [6, 6.07) is 9.75. The molecule has 1 heterocycles. The minimum absolute atomic E-state index is 0.0601. The number of non-ortho nitro benzene ring substituents is 1. The fourth-order valence-corrected chi connectivity index (χ4v) is 2.10. The van der Waals surface area contributed by atoms with Crippen LogP contribution in [0.15, 0.2) is 36.4 Å². The summed E-state index contributed by atoms with van der Waals surface area (Å²) in [6.45, 7) is 1.03. The SMILES string of the molecule is Nc1cc(Nc2ccc3c(c2)OCCO3)cc([N+](=O)[O-])c1. The van der Waals surface area contributed by atoms with Crippen LogP contribution in [-0.4, -0.2) is 18.1 Å². The van der Waals surface area contributed by atoms with Gasteiger partial charge in [0.25, 0.3) is 5.69 Å². The van der Waals surface area contributed by atoms with E-state index in [-0.39, 0.29) is 5.69 Å².